The maximum Gasteiger partial charge on any atom is 0.225 e. The molecular weight excluding hydrogens is 360 g/mol. The maximum absolute atomic E-state index is 12.9. The molecule has 4 heteroatoms. The van der Waals surface area contributed by atoms with Gasteiger partial charge in [0.25, 0.3) is 0 Å². The van der Waals surface area contributed by atoms with E-state index in [0.29, 0.717) is 23.7 Å². The molecule has 2 unspecified atom stereocenters. The van der Waals surface area contributed by atoms with Crippen LogP contribution in [0.5, 0.6) is 0 Å². The number of rotatable bonds is 5. The van der Waals surface area contributed by atoms with Crippen molar-refractivity contribution >= 4 is 11.8 Å². The van der Waals surface area contributed by atoms with Gasteiger partial charge in [0.1, 0.15) is 0 Å². The Hall–Kier alpha value is -1.84. The molecule has 1 aromatic carbocycles. The van der Waals surface area contributed by atoms with Crippen LogP contribution in [0, 0.1) is 11.8 Å². The minimum atomic E-state index is 0.109. The van der Waals surface area contributed by atoms with Gasteiger partial charge in [-0.2, -0.15) is 0 Å². The zero-order valence-corrected chi connectivity index (χ0v) is 18.5. The van der Waals surface area contributed by atoms with Crippen LogP contribution >= 0.6 is 0 Å². The highest BCUT2D eigenvalue weighted by Gasteiger charge is 2.58. The van der Waals surface area contributed by atoms with Crippen molar-refractivity contribution < 1.29 is 9.59 Å². The van der Waals surface area contributed by atoms with Gasteiger partial charge in [-0.25, -0.2) is 0 Å². The van der Waals surface area contributed by atoms with Crippen molar-refractivity contribution in [2.75, 3.05) is 13.1 Å². The van der Waals surface area contributed by atoms with Gasteiger partial charge < -0.3 is 10.2 Å². The minimum absolute atomic E-state index is 0.109. The smallest absolute Gasteiger partial charge is 0.225 e. The summed E-state index contributed by atoms with van der Waals surface area (Å²) in [4.78, 5) is 26.8. The third-order valence-electron chi connectivity index (χ3n) is 7.45. The van der Waals surface area contributed by atoms with Crippen LogP contribution in [0.15, 0.2) is 24.3 Å². The first kappa shape index (κ1) is 20.4. The number of hydrogen-bond donors (Lipinski definition) is 1. The molecule has 2 aliphatic carbocycles. The summed E-state index contributed by atoms with van der Waals surface area (Å²) in [7, 11) is 0. The van der Waals surface area contributed by atoms with Crippen molar-refractivity contribution in [3.8, 4) is 0 Å². The Bertz CT molecular complexity index is 790. The quantitative estimate of drug-likeness (QED) is 0.812. The van der Waals surface area contributed by atoms with Gasteiger partial charge in [-0.15, -0.1) is 0 Å². The number of carbonyl (C=O) groups is 2. The number of likely N-dealkylation sites (tertiary alicyclic amines) is 1. The number of hydrogen-bond acceptors (Lipinski definition) is 2. The molecule has 0 bridgehead atoms. The van der Waals surface area contributed by atoms with E-state index in [1.807, 2.05) is 6.92 Å². The van der Waals surface area contributed by atoms with E-state index < -0.39 is 0 Å². The fourth-order valence-electron chi connectivity index (χ4n) is 5.33. The van der Waals surface area contributed by atoms with Gasteiger partial charge in [0.2, 0.25) is 11.8 Å². The lowest BCUT2D eigenvalue weighted by molar-refractivity contribution is -0.141. The molecule has 2 amide bonds. The normalized spacial score (nSPS) is 30.9. The van der Waals surface area contributed by atoms with Crippen LogP contribution in [0.2, 0.25) is 0 Å². The van der Waals surface area contributed by atoms with E-state index in [9.17, 15) is 9.59 Å². The van der Waals surface area contributed by atoms with Crippen molar-refractivity contribution in [1.82, 2.24) is 10.2 Å². The lowest BCUT2D eigenvalue weighted by Crippen LogP contribution is -2.52. The molecule has 158 valence electrons. The summed E-state index contributed by atoms with van der Waals surface area (Å²) < 4.78 is 0. The van der Waals surface area contributed by atoms with Gasteiger partial charge in [0.05, 0.1) is 0 Å². The third-order valence-corrected chi connectivity index (χ3v) is 7.45. The fourth-order valence-corrected chi connectivity index (χ4v) is 5.33. The first-order valence-corrected chi connectivity index (χ1v) is 11.4. The van der Waals surface area contributed by atoms with E-state index in [2.05, 4.69) is 55.3 Å². The van der Waals surface area contributed by atoms with Crippen LogP contribution in [0.25, 0.3) is 0 Å². The first-order chi connectivity index (χ1) is 13.7. The van der Waals surface area contributed by atoms with Crippen molar-refractivity contribution in [3.63, 3.8) is 0 Å². The number of nitrogens with one attached hydrogen (secondary N) is 1. The van der Waals surface area contributed by atoms with Crippen LogP contribution in [0.1, 0.15) is 77.3 Å². The number of carbonyl (C=O) groups excluding carboxylic acids is 2. The Morgan fingerprint density at radius 3 is 2.66 bits per heavy atom. The fraction of sp³-hybridized carbons (Fsp3) is 0.680. The summed E-state index contributed by atoms with van der Waals surface area (Å²) in [5.41, 5.74) is 3.35. The molecule has 2 atom stereocenters. The van der Waals surface area contributed by atoms with Crippen LogP contribution in [-0.2, 0) is 20.4 Å². The monoisotopic (exact) mass is 396 g/mol. The van der Waals surface area contributed by atoms with Crippen molar-refractivity contribution in [1.29, 1.82) is 0 Å². The van der Waals surface area contributed by atoms with E-state index >= 15 is 0 Å². The summed E-state index contributed by atoms with van der Waals surface area (Å²) in [5.74, 6) is 1.16. The van der Waals surface area contributed by atoms with Crippen LogP contribution in [-0.4, -0.2) is 35.8 Å². The largest absolute Gasteiger partial charge is 0.353 e. The Balaban J connectivity index is 1.32. The second-order valence-corrected chi connectivity index (χ2v) is 10.6. The zero-order valence-electron chi connectivity index (χ0n) is 18.5. The summed E-state index contributed by atoms with van der Waals surface area (Å²) in [5, 5.41) is 3.06. The molecule has 4 rings (SSSR count). The van der Waals surface area contributed by atoms with Gasteiger partial charge in [0.15, 0.2) is 0 Å². The summed E-state index contributed by atoms with van der Waals surface area (Å²) >= 11 is 0. The Kier molecular flexibility index (Phi) is 5.25. The minimum Gasteiger partial charge on any atom is -0.353 e. The lowest BCUT2D eigenvalue weighted by atomic mass is 9.78. The average molecular weight is 397 g/mol. The topological polar surface area (TPSA) is 49.4 Å². The standard InChI is InChI=1S/C25H36N2O2/c1-5-7-22(28)26-21-12-17(13-21)23(29)27-11-10-25(15-20(25)16-27)19-9-6-8-18(14-19)24(2,3)4/h6,8-9,14,17,20-21H,5,7,10-13,15-16H2,1-4H3,(H,26,28)/t17-,20?,21+,25?. The first-order valence-electron chi connectivity index (χ1n) is 11.4. The van der Waals surface area contributed by atoms with Crippen molar-refractivity contribution in [2.24, 2.45) is 11.8 Å². The number of amides is 2. The third kappa shape index (κ3) is 3.95. The highest BCUT2D eigenvalue weighted by atomic mass is 16.2. The highest BCUT2D eigenvalue weighted by Crippen LogP contribution is 2.59. The van der Waals surface area contributed by atoms with E-state index in [-0.39, 0.29) is 23.3 Å². The second kappa shape index (κ2) is 7.45. The molecule has 0 radical (unpaired) electrons. The molecule has 3 aliphatic rings. The molecule has 29 heavy (non-hydrogen) atoms. The number of nitrogens with zero attached hydrogens (tertiary/aromatic N) is 1. The molecule has 3 fully saturated rings. The molecule has 1 heterocycles. The van der Waals surface area contributed by atoms with E-state index in [1.165, 1.54) is 17.5 Å². The molecule has 4 nitrogen and oxygen atoms in total. The van der Waals surface area contributed by atoms with Gasteiger partial charge in [-0.05, 0) is 54.6 Å². The Morgan fingerprint density at radius 2 is 2.00 bits per heavy atom. The maximum atomic E-state index is 12.9. The molecular formula is C25H36N2O2. The predicted octanol–water partition coefficient (Wildman–Crippen LogP) is 4.17. The number of fused-ring (bicyclic) bond motifs is 1. The Morgan fingerprint density at radius 1 is 1.24 bits per heavy atom. The van der Waals surface area contributed by atoms with E-state index in [1.54, 1.807) is 0 Å². The Labute approximate surface area is 175 Å². The molecule has 1 N–H and O–H groups in total. The van der Waals surface area contributed by atoms with Crippen LogP contribution in [0.4, 0.5) is 0 Å². The molecule has 1 aromatic rings. The van der Waals surface area contributed by atoms with Crippen molar-refractivity contribution in [2.45, 2.75) is 83.1 Å². The molecule has 1 saturated heterocycles. The van der Waals surface area contributed by atoms with Gasteiger partial charge in [0, 0.05) is 36.9 Å². The number of benzene rings is 1. The lowest BCUT2D eigenvalue weighted by Gasteiger charge is -2.40. The van der Waals surface area contributed by atoms with Crippen molar-refractivity contribution in [3.05, 3.63) is 35.4 Å². The highest BCUT2D eigenvalue weighted by molar-refractivity contribution is 5.81. The summed E-state index contributed by atoms with van der Waals surface area (Å²) in [6.45, 7) is 10.6. The molecule has 2 saturated carbocycles. The zero-order chi connectivity index (χ0) is 20.8. The molecule has 0 aromatic heterocycles. The number of piperidine rings is 1. The second-order valence-electron chi connectivity index (χ2n) is 10.6. The summed E-state index contributed by atoms with van der Waals surface area (Å²) in [6, 6.07) is 9.35. The van der Waals surface area contributed by atoms with E-state index in [4.69, 9.17) is 0 Å². The van der Waals surface area contributed by atoms with Crippen LogP contribution < -0.4 is 5.32 Å². The molecule has 0 spiro atoms. The van der Waals surface area contributed by atoms with Gasteiger partial charge >= 0.3 is 0 Å². The average Bonchev–Trinajstić information content (AvgIpc) is 3.38. The molecule has 1 aliphatic heterocycles. The van der Waals surface area contributed by atoms with Crippen LogP contribution in [0.3, 0.4) is 0 Å². The van der Waals surface area contributed by atoms with E-state index in [0.717, 1.165) is 38.8 Å². The van der Waals surface area contributed by atoms with Gasteiger partial charge in [-0.3, -0.25) is 9.59 Å². The summed E-state index contributed by atoms with van der Waals surface area (Å²) in [6.07, 6.45) is 5.38. The predicted molar refractivity (Wildman–Crippen MR) is 116 cm³/mol. The van der Waals surface area contributed by atoms with Gasteiger partial charge in [-0.1, -0.05) is 52.0 Å². The SMILES string of the molecule is CCCC(=O)N[C@H]1C[C@@H](C(=O)N2CCC3(c4cccc(C(C)(C)C)c4)CC3C2)C1.